The minimum absolute atomic E-state index is 0.00383. The summed E-state index contributed by atoms with van der Waals surface area (Å²) in [4.78, 5) is 30.2. The Morgan fingerprint density at radius 2 is 1.53 bits per heavy atom. The number of nitrogens with zero attached hydrogens (tertiary/aromatic N) is 2. The van der Waals surface area contributed by atoms with Crippen LogP contribution in [0.15, 0.2) is 108 Å². The first kappa shape index (κ1) is 34.0. The number of carbonyl (C=O) groups is 2. The van der Waals surface area contributed by atoms with Gasteiger partial charge >= 0.3 is 0 Å². The number of hydrogen-bond donors (Lipinski definition) is 1. The fourth-order valence-corrected chi connectivity index (χ4v) is 7.46. The molecule has 47 heavy (non-hydrogen) atoms. The van der Waals surface area contributed by atoms with Crippen LogP contribution >= 0.6 is 11.6 Å². The van der Waals surface area contributed by atoms with E-state index in [0.717, 1.165) is 41.1 Å². The molecule has 5 rings (SSSR count). The van der Waals surface area contributed by atoms with Crippen LogP contribution in [-0.4, -0.2) is 50.9 Å². The molecular formula is C37H40ClN3O5S. The molecule has 1 fully saturated rings. The van der Waals surface area contributed by atoms with Crippen LogP contribution in [0.1, 0.15) is 42.4 Å². The number of ether oxygens (including phenoxy) is 1. The predicted octanol–water partition coefficient (Wildman–Crippen LogP) is 6.55. The van der Waals surface area contributed by atoms with E-state index in [0.29, 0.717) is 22.0 Å². The third kappa shape index (κ3) is 8.53. The number of methoxy groups -OCH3 is 1. The van der Waals surface area contributed by atoms with Gasteiger partial charge in [0.2, 0.25) is 11.8 Å². The van der Waals surface area contributed by atoms with Crippen LogP contribution in [0.5, 0.6) is 5.75 Å². The van der Waals surface area contributed by atoms with Gasteiger partial charge in [-0.1, -0.05) is 90.7 Å². The van der Waals surface area contributed by atoms with E-state index in [-0.39, 0.29) is 29.8 Å². The average molecular weight is 674 g/mol. The summed E-state index contributed by atoms with van der Waals surface area (Å²) in [6.07, 6.45) is 4.06. The van der Waals surface area contributed by atoms with Gasteiger partial charge in [0, 0.05) is 24.0 Å². The second kappa shape index (κ2) is 15.5. The van der Waals surface area contributed by atoms with E-state index in [2.05, 4.69) is 5.32 Å². The SMILES string of the molecule is COc1ccc(S(=O)(=O)N(CC(=O)N(Cc2ccccc2Cl)[C@@H](Cc2ccccc2)C(=O)NC2CCCC2)c2ccc(C)cc2)cc1. The Bertz CT molecular complexity index is 1760. The summed E-state index contributed by atoms with van der Waals surface area (Å²) in [6, 6.07) is 28.8. The van der Waals surface area contributed by atoms with Gasteiger partial charge in [-0.05, 0) is 73.4 Å². The molecule has 1 aliphatic carbocycles. The number of rotatable bonds is 13. The van der Waals surface area contributed by atoms with E-state index >= 15 is 0 Å². The normalized spacial score (nSPS) is 13.9. The molecule has 1 N–H and O–H groups in total. The second-order valence-corrected chi connectivity index (χ2v) is 14.1. The lowest BCUT2D eigenvalue weighted by atomic mass is 10.0. The Balaban J connectivity index is 1.56. The molecule has 4 aromatic rings. The Morgan fingerprint density at radius 3 is 2.17 bits per heavy atom. The van der Waals surface area contributed by atoms with Crippen molar-refractivity contribution in [2.45, 2.75) is 62.6 Å². The summed E-state index contributed by atoms with van der Waals surface area (Å²) in [7, 11) is -2.72. The number of aryl methyl sites for hydroxylation is 1. The maximum Gasteiger partial charge on any atom is 0.264 e. The zero-order valence-corrected chi connectivity index (χ0v) is 28.2. The van der Waals surface area contributed by atoms with E-state index < -0.39 is 28.5 Å². The lowest BCUT2D eigenvalue weighted by Gasteiger charge is -2.34. The highest BCUT2D eigenvalue weighted by molar-refractivity contribution is 7.92. The second-order valence-electron chi connectivity index (χ2n) is 11.8. The van der Waals surface area contributed by atoms with Crippen LogP contribution in [0.25, 0.3) is 0 Å². The number of hydrogen-bond acceptors (Lipinski definition) is 5. The predicted molar refractivity (Wildman–Crippen MR) is 185 cm³/mol. The van der Waals surface area contributed by atoms with Gasteiger partial charge in [-0.3, -0.25) is 13.9 Å². The molecule has 246 valence electrons. The third-order valence-corrected chi connectivity index (χ3v) is 10.7. The first-order chi connectivity index (χ1) is 22.7. The molecule has 0 heterocycles. The van der Waals surface area contributed by atoms with Crippen molar-refractivity contribution in [2.24, 2.45) is 0 Å². The maximum absolute atomic E-state index is 14.6. The molecule has 1 aliphatic rings. The van der Waals surface area contributed by atoms with Gasteiger partial charge in [0.15, 0.2) is 0 Å². The van der Waals surface area contributed by atoms with Crippen LogP contribution in [0, 0.1) is 6.92 Å². The largest absolute Gasteiger partial charge is 0.497 e. The number of benzene rings is 4. The van der Waals surface area contributed by atoms with Gasteiger partial charge in [0.25, 0.3) is 10.0 Å². The van der Waals surface area contributed by atoms with Gasteiger partial charge < -0.3 is 15.0 Å². The molecule has 10 heteroatoms. The van der Waals surface area contributed by atoms with Crippen LogP contribution in [0.3, 0.4) is 0 Å². The Hall–Kier alpha value is -4.34. The van der Waals surface area contributed by atoms with E-state index in [1.165, 1.54) is 24.1 Å². The van der Waals surface area contributed by atoms with Gasteiger partial charge in [-0.15, -0.1) is 0 Å². The molecule has 0 saturated heterocycles. The van der Waals surface area contributed by atoms with Gasteiger partial charge in [-0.2, -0.15) is 0 Å². The fourth-order valence-electron chi connectivity index (χ4n) is 5.85. The number of nitrogens with one attached hydrogen (secondary N) is 1. The van der Waals surface area contributed by atoms with E-state index in [1.54, 1.807) is 48.5 Å². The lowest BCUT2D eigenvalue weighted by molar-refractivity contribution is -0.140. The molecule has 0 unspecified atom stereocenters. The highest BCUT2D eigenvalue weighted by Gasteiger charge is 2.35. The zero-order valence-electron chi connectivity index (χ0n) is 26.6. The molecule has 0 spiro atoms. The smallest absolute Gasteiger partial charge is 0.264 e. The fraction of sp³-hybridized carbons (Fsp3) is 0.297. The highest BCUT2D eigenvalue weighted by Crippen LogP contribution is 2.28. The highest BCUT2D eigenvalue weighted by atomic mass is 35.5. The maximum atomic E-state index is 14.6. The van der Waals surface area contributed by atoms with E-state index in [1.807, 2.05) is 49.4 Å². The third-order valence-electron chi connectivity index (χ3n) is 8.52. The Labute approximate surface area is 282 Å². The summed E-state index contributed by atoms with van der Waals surface area (Å²) in [6.45, 7) is 1.38. The average Bonchev–Trinajstić information content (AvgIpc) is 3.60. The Morgan fingerprint density at radius 1 is 0.894 bits per heavy atom. The topological polar surface area (TPSA) is 96.0 Å². The van der Waals surface area contributed by atoms with Crippen molar-refractivity contribution in [2.75, 3.05) is 18.0 Å². The number of sulfonamides is 1. The van der Waals surface area contributed by atoms with E-state index in [4.69, 9.17) is 16.3 Å². The molecule has 0 bridgehead atoms. The molecule has 1 atom stereocenters. The van der Waals surface area contributed by atoms with Crippen molar-refractivity contribution < 1.29 is 22.7 Å². The number of anilines is 1. The van der Waals surface area contributed by atoms with Crippen LogP contribution in [0.4, 0.5) is 5.69 Å². The van der Waals surface area contributed by atoms with Crippen molar-refractivity contribution in [1.29, 1.82) is 0 Å². The Kier molecular flexibility index (Phi) is 11.2. The molecule has 1 saturated carbocycles. The van der Waals surface area contributed by atoms with Crippen molar-refractivity contribution in [3.8, 4) is 5.75 Å². The molecule has 8 nitrogen and oxygen atoms in total. The molecule has 2 amide bonds. The molecule has 0 aliphatic heterocycles. The first-order valence-corrected chi connectivity index (χ1v) is 17.6. The van der Waals surface area contributed by atoms with Crippen LogP contribution in [0.2, 0.25) is 5.02 Å². The molecular weight excluding hydrogens is 634 g/mol. The number of amides is 2. The molecule has 0 radical (unpaired) electrons. The summed E-state index contributed by atoms with van der Waals surface area (Å²) >= 11 is 6.59. The van der Waals surface area contributed by atoms with Crippen molar-refractivity contribution >= 4 is 39.1 Å². The van der Waals surface area contributed by atoms with Crippen molar-refractivity contribution in [3.63, 3.8) is 0 Å². The summed E-state index contributed by atoms with van der Waals surface area (Å²) < 4.78 is 34.8. The monoisotopic (exact) mass is 673 g/mol. The number of halogens is 1. The molecule has 4 aromatic carbocycles. The quantitative estimate of drug-likeness (QED) is 0.174. The van der Waals surface area contributed by atoms with E-state index in [9.17, 15) is 18.0 Å². The minimum atomic E-state index is -4.22. The summed E-state index contributed by atoms with van der Waals surface area (Å²) in [5.74, 6) is -0.309. The first-order valence-electron chi connectivity index (χ1n) is 15.8. The summed E-state index contributed by atoms with van der Waals surface area (Å²) in [5, 5.41) is 3.63. The standard InChI is InChI=1S/C37H40ClN3O5S/c1-27-16-18-31(19-17-27)41(47(44,45)33-22-20-32(46-2)21-23-33)26-36(42)40(25-29-12-6-9-15-34(29)38)35(24-28-10-4-3-5-11-28)37(43)39-30-13-7-8-14-30/h3-6,9-12,15-23,30,35H,7-8,13-14,24-26H2,1-2H3,(H,39,43)/t35-/m0/s1. The summed E-state index contributed by atoms with van der Waals surface area (Å²) in [5.41, 5.74) is 2.78. The van der Waals surface area contributed by atoms with Crippen molar-refractivity contribution in [1.82, 2.24) is 10.2 Å². The van der Waals surface area contributed by atoms with Gasteiger partial charge in [-0.25, -0.2) is 8.42 Å². The zero-order chi connectivity index (χ0) is 33.4. The number of carbonyl (C=O) groups excluding carboxylic acids is 2. The van der Waals surface area contributed by atoms with Crippen molar-refractivity contribution in [3.05, 3.63) is 125 Å². The molecule has 0 aromatic heterocycles. The van der Waals surface area contributed by atoms with Gasteiger partial charge in [0.1, 0.15) is 18.3 Å². The van der Waals surface area contributed by atoms with Gasteiger partial charge in [0.05, 0.1) is 17.7 Å². The minimum Gasteiger partial charge on any atom is -0.497 e. The lowest BCUT2D eigenvalue weighted by Crippen LogP contribution is -2.54. The van der Waals surface area contributed by atoms with Crippen LogP contribution < -0.4 is 14.4 Å². The van der Waals surface area contributed by atoms with Crippen LogP contribution in [-0.2, 0) is 32.6 Å².